The molecule has 0 saturated heterocycles. The minimum atomic E-state index is -0.503. The van der Waals surface area contributed by atoms with Crippen molar-refractivity contribution in [2.24, 2.45) is 0 Å². The van der Waals surface area contributed by atoms with Crippen LogP contribution in [0.5, 0.6) is 11.5 Å². The van der Waals surface area contributed by atoms with Crippen molar-refractivity contribution >= 4 is 65.4 Å². The Labute approximate surface area is 158 Å². The Morgan fingerprint density at radius 3 is 2.50 bits per heavy atom. The van der Waals surface area contributed by atoms with E-state index in [2.05, 4.69) is 47.8 Å². The van der Waals surface area contributed by atoms with E-state index in [0.717, 1.165) is 14.5 Å². The second-order valence-electron chi connectivity index (χ2n) is 4.37. The third-order valence-electron chi connectivity index (χ3n) is 2.65. The van der Waals surface area contributed by atoms with Crippen molar-refractivity contribution in [1.82, 2.24) is 0 Å². The first-order valence-electron chi connectivity index (χ1n) is 6.11. The summed E-state index contributed by atoms with van der Waals surface area (Å²) < 4.78 is 13.1. The van der Waals surface area contributed by atoms with E-state index < -0.39 is 5.97 Å². The highest BCUT2D eigenvalue weighted by Crippen LogP contribution is 2.32. The summed E-state index contributed by atoms with van der Waals surface area (Å²) in [5.74, 6) is 0.497. The van der Waals surface area contributed by atoms with Crippen molar-refractivity contribution in [1.29, 1.82) is 0 Å². The summed E-state index contributed by atoms with van der Waals surface area (Å²) >= 11 is 15.9. The highest BCUT2D eigenvalue weighted by molar-refractivity contribution is 9.11. The van der Waals surface area contributed by atoms with E-state index in [4.69, 9.17) is 21.1 Å². The molecule has 0 unspecified atom stereocenters. The molecule has 0 radical (unpaired) electrons. The van der Waals surface area contributed by atoms with Gasteiger partial charge in [-0.3, -0.25) is 0 Å². The van der Waals surface area contributed by atoms with E-state index in [1.165, 1.54) is 0 Å². The Bertz CT molecular complexity index is 696. The van der Waals surface area contributed by atoms with Gasteiger partial charge in [0.15, 0.2) is 6.61 Å². The summed E-state index contributed by atoms with van der Waals surface area (Å²) in [7, 11) is 0. The summed E-state index contributed by atoms with van der Waals surface area (Å²) in [4.78, 5) is 11.9. The number of halogens is 4. The number of hydrogen-bond acceptors (Lipinski definition) is 3. The van der Waals surface area contributed by atoms with Gasteiger partial charge in [0.1, 0.15) is 11.5 Å². The summed E-state index contributed by atoms with van der Waals surface area (Å²) in [5, 5.41) is 0.553. The maximum absolute atomic E-state index is 11.9. The minimum absolute atomic E-state index is 0.198. The quantitative estimate of drug-likeness (QED) is 0.376. The number of aryl methyl sites for hydroxylation is 1. The fourth-order valence-corrected chi connectivity index (χ4v) is 4.03. The monoisotopic (exact) mass is 510 g/mol. The van der Waals surface area contributed by atoms with Crippen LogP contribution in [0.15, 0.2) is 43.7 Å². The van der Waals surface area contributed by atoms with E-state index in [0.29, 0.717) is 21.0 Å². The normalized spacial score (nSPS) is 10.4. The number of hydrogen-bond donors (Lipinski definition) is 0. The van der Waals surface area contributed by atoms with Gasteiger partial charge in [0.2, 0.25) is 0 Å². The fourth-order valence-electron chi connectivity index (χ4n) is 1.71. The van der Waals surface area contributed by atoms with E-state index in [1.54, 1.807) is 18.2 Å². The van der Waals surface area contributed by atoms with E-state index in [1.807, 2.05) is 19.1 Å². The van der Waals surface area contributed by atoms with Gasteiger partial charge in [-0.15, -0.1) is 0 Å². The molecule has 2 rings (SSSR count). The van der Waals surface area contributed by atoms with Gasteiger partial charge in [-0.05, 0) is 74.7 Å². The number of rotatable bonds is 4. The van der Waals surface area contributed by atoms with Gasteiger partial charge in [0.25, 0.3) is 0 Å². The van der Waals surface area contributed by atoms with Crippen LogP contribution >= 0.6 is 59.4 Å². The molecule has 22 heavy (non-hydrogen) atoms. The van der Waals surface area contributed by atoms with Crippen LogP contribution < -0.4 is 9.47 Å². The highest BCUT2D eigenvalue weighted by atomic mass is 79.9. The van der Waals surface area contributed by atoms with Gasteiger partial charge >= 0.3 is 5.97 Å². The first-order chi connectivity index (χ1) is 10.4. The van der Waals surface area contributed by atoms with E-state index in [9.17, 15) is 4.79 Å². The average Bonchev–Trinajstić information content (AvgIpc) is 2.40. The first-order valence-corrected chi connectivity index (χ1v) is 8.86. The molecule has 0 aromatic heterocycles. The van der Waals surface area contributed by atoms with Crippen molar-refractivity contribution in [2.75, 3.05) is 6.61 Å². The molecular weight excluding hydrogens is 503 g/mol. The molecule has 0 aliphatic heterocycles. The SMILES string of the molecule is Cc1cc(Br)cc(Br)c1OCC(=O)Oc1ccc(Cl)cc1Br. The molecule has 2 aromatic rings. The Morgan fingerprint density at radius 1 is 1.14 bits per heavy atom. The predicted molar refractivity (Wildman–Crippen MR) is 96.9 cm³/mol. The van der Waals surface area contributed by atoms with Crippen LogP contribution in [0.25, 0.3) is 0 Å². The molecule has 0 fully saturated rings. The number of ether oxygens (including phenoxy) is 2. The molecule has 3 nitrogen and oxygen atoms in total. The lowest BCUT2D eigenvalue weighted by molar-refractivity contribution is -0.136. The third-order valence-corrected chi connectivity index (χ3v) is 4.55. The molecule has 0 heterocycles. The molecule has 0 atom stereocenters. The van der Waals surface area contributed by atoms with Crippen LogP contribution in [0, 0.1) is 6.92 Å². The number of esters is 1. The molecule has 116 valence electrons. The molecule has 0 bridgehead atoms. The van der Waals surface area contributed by atoms with Crippen LogP contribution in [-0.2, 0) is 4.79 Å². The fraction of sp³-hybridized carbons (Fsp3) is 0.133. The van der Waals surface area contributed by atoms with Crippen molar-refractivity contribution < 1.29 is 14.3 Å². The van der Waals surface area contributed by atoms with Crippen molar-refractivity contribution in [2.45, 2.75) is 6.92 Å². The lowest BCUT2D eigenvalue weighted by atomic mass is 10.2. The van der Waals surface area contributed by atoms with Gasteiger partial charge in [-0.25, -0.2) is 4.79 Å². The molecule has 0 amide bonds. The number of carbonyl (C=O) groups is 1. The second-order valence-corrected chi connectivity index (χ2v) is 7.43. The van der Waals surface area contributed by atoms with Gasteiger partial charge in [0, 0.05) is 9.50 Å². The van der Waals surface area contributed by atoms with Crippen LogP contribution in [-0.4, -0.2) is 12.6 Å². The summed E-state index contributed by atoms with van der Waals surface area (Å²) in [6.45, 7) is 1.70. The van der Waals surface area contributed by atoms with Crippen LogP contribution in [0.4, 0.5) is 0 Å². The number of carbonyl (C=O) groups excluding carboxylic acids is 1. The second kappa shape index (κ2) is 7.81. The third kappa shape index (κ3) is 4.72. The topological polar surface area (TPSA) is 35.5 Å². The van der Waals surface area contributed by atoms with Crippen LogP contribution in [0.1, 0.15) is 5.56 Å². The van der Waals surface area contributed by atoms with Gasteiger partial charge in [-0.2, -0.15) is 0 Å². The Morgan fingerprint density at radius 2 is 1.86 bits per heavy atom. The molecule has 2 aromatic carbocycles. The summed E-state index contributed by atoms with van der Waals surface area (Å²) in [6, 6.07) is 8.67. The van der Waals surface area contributed by atoms with Crippen molar-refractivity contribution in [3.05, 3.63) is 54.3 Å². The standard InChI is InChI=1S/C15H10Br3ClO3/c1-8-4-9(16)5-12(18)15(8)21-7-14(20)22-13-3-2-10(19)6-11(13)17/h2-6H,7H2,1H3. The zero-order chi connectivity index (χ0) is 16.3. The molecule has 0 saturated carbocycles. The summed E-state index contributed by atoms with van der Waals surface area (Å²) in [5.41, 5.74) is 0.904. The maximum atomic E-state index is 11.9. The smallest absolute Gasteiger partial charge is 0.349 e. The van der Waals surface area contributed by atoms with E-state index in [-0.39, 0.29) is 6.61 Å². The minimum Gasteiger partial charge on any atom is -0.480 e. The van der Waals surface area contributed by atoms with Gasteiger partial charge < -0.3 is 9.47 Å². The first kappa shape index (κ1) is 17.8. The number of benzene rings is 2. The Balaban J connectivity index is 2.02. The molecule has 0 N–H and O–H groups in total. The zero-order valence-electron chi connectivity index (χ0n) is 11.3. The molecular formula is C15H10Br3ClO3. The van der Waals surface area contributed by atoms with Gasteiger partial charge in [-0.1, -0.05) is 27.5 Å². The lowest BCUT2D eigenvalue weighted by Crippen LogP contribution is -2.18. The van der Waals surface area contributed by atoms with E-state index >= 15 is 0 Å². The Hall–Kier alpha value is -0.560. The van der Waals surface area contributed by atoms with Crippen molar-refractivity contribution in [3.8, 4) is 11.5 Å². The largest absolute Gasteiger partial charge is 0.480 e. The summed E-state index contributed by atoms with van der Waals surface area (Å²) in [6.07, 6.45) is 0. The molecule has 7 heteroatoms. The molecule has 0 aliphatic rings. The van der Waals surface area contributed by atoms with Crippen LogP contribution in [0.2, 0.25) is 5.02 Å². The van der Waals surface area contributed by atoms with Crippen LogP contribution in [0.3, 0.4) is 0 Å². The maximum Gasteiger partial charge on any atom is 0.349 e. The highest BCUT2D eigenvalue weighted by Gasteiger charge is 2.12. The molecule has 0 spiro atoms. The van der Waals surface area contributed by atoms with Gasteiger partial charge in [0.05, 0.1) is 8.95 Å². The average molecular weight is 513 g/mol. The predicted octanol–water partition coefficient (Wildman–Crippen LogP) is 5.92. The molecule has 0 aliphatic carbocycles. The lowest BCUT2D eigenvalue weighted by Gasteiger charge is -2.12. The van der Waals surface area contributed by atoms with Crippen molar-refractivity contribution in [3.63, 3.8) is 0 Å². The Kier molecular flexibility index (Phi) is 6.32. The zero-order valence-corrected chi connectivity index (χ0v) is 16.8.